The molecule has 0 aliphatic carbocycles. The Balaban J connectivity index is 1.84. The number of phenolic OH excluding ortho intramolecular Hbond substituents is 1. The van der Waals surface area contributed by atoms with Crippen molar-refractivity contribution in [3.8, 4) is 5.75 Å². The first-order valence-corrected chi connectivity index (χ1v) is 6.58. The molecule has 3 atom stereocenters. The van der Waals surface area contributed by atoms with Gasteiger partial charge in [-0.25, -0.2) is 4.39 Å². The average Bonchev–Trinajstić information content (AvgIpc) is 2.92. The van der Waals surface area contributed by atoms with E-state index in [2.05, 4.69) is 5.32 Å². The van der Waals surface area contributed by atoms with E-state index in [0.717, 1.165) is 19.2 Å². The van der Waals surface area contributed by atoms with E-state index in [4.69, 9.17) is 0 Å². The van der Waals surface area contributed by atoms with Gasteiger partial charge in [-0.2, -0.15) is 0 Å². The minimum Gasteiger partial charge on any atom is -0.507 e. The summed E-state index contributed by atoms with van der Waals surface area (Å²) in [6.07, 6.45) is 0. The number of nitrogens with zero attached hydrogens (tertiary/aromatic N) is 1. The summed E-state index contributed by atoms with van der Waals surface area (Å²) >= 11 is 0. The maximum absolute atomic E-state index is 13.0. The number of benzene rings is 1. The molecule has 19 heavy (non-hydrogen) atoms. The first kappa shape index (κ1) is 12.4. The van der Waals surface area contributed by atoms with Gasteiger partial charge in [-0.05, 0) is 30.9 Å². The summed E-state index contributed by atoms with van der Waals surface area (Å²) in [6, 6.07) is 3.69. The number of carbonyl (C=O) groups is 1. The zero-order valence-electron chi connectivity index (χ0n) is 10.8. The number of halogens is 1. The molecule has 1 aromatic carbocycles. The highest BCUT2D eigenvalue weighted by Crippen LogP contribution is 2.34. The monoisotopic (exact) mass is 264 g/mol. The number of fused-ring (bicyclic) bond motifs is 1. The number of phenols is 1. The molecule has 1 aromatic rings. The Morgan fingerprint density at radius 1 is 1.47 bits per heavy atom. The molecule has 3 unspecified atom stereocenters. The van der Waals surface area contributed by atoms with Gasteiger partial charge in [0.25, 0.3) is 5.91 Å². The van der Waals surface area contributed by atoms with Crippen molar-refractivity contribution in [1.29, 1.82) is 0 Å². The predicted molar refractivity (Wildman–Crippen MR) is 68.4 cm³/mol. The van der Waals surface area contributed by atoms with E-state index in [0.29, 0.717) is 18.4 Å². The number of hydrogen-bond donors (Lipinski definition) is 2. The van der Waals surface area contributed by atoms with E-state index in [1.165, 1.54) is 12.1 Å². The highest BCUT2D eigenvalue weighted by Gasteiger charge is 2.44. The summed E-state index contributed by atoms with van der Waals surface area (Å²) in [4.78, 5) is 14.2. The van der Waals surface area contributed by atoms with Gasteiger partial charge in [0.2, 0.25) is 0 Å². The lowest BCUT2D eigenvalue weighted by Crippen LogP contribution is -2.38. The highest BCUT2D eigenvalue weighted by molar-refractivity contribution is 5.97. The summed E-state index contributed by atoms with van der Waals surface area (Å²) in [5.41, 5.74) is 0.182. The zero-order valence-corrected chi connectivity index (χ0v) is 10.8. The molecule has 2 heterocycles. The molecule has 0 radical (unpaired) electrons. The molecule has 3 rings (SSSR count). The Hall–Kier alpha value is -1.62. The lowest BCUT2D eigenvalue weighted by molar-refractivity contribution is 0.0725. The first-order chi connectivity index (χ1) is 9.08. The summed E-state index contributed by atoms with van der Waals surface area (Å²) in [7, 11) is 0. The van der Waals surface area contributed by atoms with E-state index < -0.39 is 5.82 Å². The second kappa shape index (κ2) is 4.49. The fraction of sp³-hybridized carbons (Fsp3) is 0.500. The van der Waals surface area contributed by atoms with Gasteiger partial charge in [0.05, 0.1) is 5.56 Å². The standard InChI is InChI=1S/C14H17FN2O2/c1-8-12-6-16-5-9(12)7-17(8)14(19)11-3-2-10(15)4-13(11)18/h2-4,8-9,12,16,18H,5-7H2,1H3. The van der Waals surface area contributed by atoms with E-state index in [1.807, 2.05) is 6.92 Å². The smallest absolute Gasteiger partial charge is 0.257 e. The largest absolute Gasteiger partial charge is 0.507 e. The molecule has 2 aliphatic heterocycles. The van der Waals surface area contributed by atoms with Crippen LogP contribution in [0.15, 0.2) is 18.2 Å². The number of rotatable bonds is 1. The van der Waals surface area contributed by atoms with Crippen LogP contribution in [0.3, 0.4) is 0 Å². The number of likely N-dealkylation sites (tertiary alicyclic amines) is 1. The van der Waals surface area contributed by atoms with Crippen molar-refractivity contribution >= 4 is 5.91 Å². The van der Waals surface area contributed by atoms with Crippen molar-refractivity contribution < 1.29 is 14.3 Å². The molecular formula is C14H17FN2O2. The first-order valence-electron chi connectivity index (χ1n) is 6.58. The minimum atomic E-state index is -0.537. The number of nitrogens with one attached hydrogen (secondary N) is 1. The fourth-order valence-corrected chi connectivity index (χ4v) is 3.28. The van der Waals surface area contributed by atoms with Gasteiger partial charge in [0.15, 0.2) is 0 Å². The number of carbonyl (C=O) groups excluding carboxylic acids is 1. The normalized spacial score (nSPS) is 29.6. The Bertz CT molecular complexity index is 520. The molecule has 0 aromatic heterocycles. The lowest BCUT2D eigenvalue weighted by Gasteiger charge is -2.24. The maximum atomic E-state index is 13.0. The summed E-state index contributed by atoms with van der Waals surface area (Å²) in [5, 5.41) is 13.0. The van der Waals surface area contributed by atoms with Crippen molar-refractivity contribution in [2.45, 2.75) is 13.0 Å². The third kappa shape index (κ3) is 1.98. The fourth-order valence-electron chi connectivity index (χ4n) is 3.28. The van der Waals surface area contributed by atoms with Crippen LogP contribution in [-0.2, 0) is 0 Å². The second-order valence-electron chi connectivity index (χ2n) is 5.44. The Morgan fingerprint density at radius 2 is 2.26 bits per heavy atom. The molecule has 0 saturated carbocycles. The van der Waals surface area contributed by atoms with Crippen LogP contribution in [0.2, 0.25) is 0 Å². The minimum absolute atomic E-state index is 0.150. The van der Waals surface area contributed by atoms with Crippen LogP contribution in [0.1, 0.15) is 17.3 Å². The molecular weight excluding hydrogens is 247 g/mol. The molecule has 102 valence electrons. The van der Waals surface area contributed by atoms with E-state index in [-0.39, 0.29) is 23.3 Å². The van der Waals surface area contributed by atoms with Crippen molar-refractivity contribution in [3.63, 3.8) is 0 Å². The average molecular weight is 264 g/mol. The second-order valence-corrected chi connectivity index (χ2v) is 5.44. The zero-order chi connectivity index (χ0) is 13.6. The van der Waals surface area contributed by atoms with E-state index in [1.54, 1.807) is 4.90 Å². The molecule has 2 aliphatic rings. The van der Waals surface area contributed by atoms with Crippen LogP contribution in [0, 0.1) is 17.7 Å². The molecule has 0 bridgehead atoms. The summed E-state index contributed by atoms with van der Waals surface area (Å²) in [6.45, 7) is 4.61. The number of amides is 1. The molecule has 2 saturated heterocycles. The lowest BCUT2D eigenvalue weighted by atomic mass is 9.95. The van der Waals surface area contributed by atoms with E-state index in [9.17, 15) is 14.3 Å². The van der Waals surface area contributed by atoms with Crippen LogP contribution in [0.4, 0.5) is 4.39 Å². The Morgan fingerprint density at radius 3 is 2.95 bits per heavy atom. The highest BCUT2D eigenvalue weighted by atomic mass is 19.1. The van der Waals surface area contributed by atoms with Crippen molar-refractivity contribution in [2.24, 2.45) is 11.8 Å². The number of hydrogen-bond acceptors (Lipinski definition) is 3. The third-order valence-electron chi connectivity index (χ3n) is 4.39. The number of aromatic hydroxyl groups is 1. The van der Waals surface area contributed by atoms with Gasteiger partial charge in [-0.1, -0.05) is 0 Å². The molecule has 1 amide bonds. The van der Waals surface area contributed by atoms with Gasteiger partial charge in [0.1, 0.15) is 11.6 Å². The topological polar surface area (TPSA) is 52.6 Å². The molecule has 5 heteroatoms. The van der Waals surface area contributed by atoms with Crippen LogP contribution in [0.25, 0.3) is 0 Å². The van der Waals surface area contributed by atoms with Gasteiger partial charge >= 0.3 is 0 Å². The SMILES string of the molecule is CC1C2CNCC2CN1C(=O)c1ccc(F)cc1O. The summed E-state index contributed by atoms with van der Waals surface area (Å²) in [5.74, 6) is -0.0653. The molecule has 2 fully saturated rings. The van der Waals surface area contributed by atoms with Crippen LogP contribution in [-0.4, -0.2) is 41.6 Å². The molecule has 2 N–H and O–H groups in total. The van der Waals surface area contributed by atoms with Gasteiger partial charge < -0.3 is 15.3 Å². The molecule has 0 spiro atoms. The quantitative estimate of drug-likeness (QED) is 0.801. The Kier molecular flexibility index (Phi) is 2.93. The van der Waals surface area contributed by atoms with Crippen molar-refractivity contribution in [3.05, 3.63) is 29.6 Å². The van der Waals surface area contributed by atoms with Crippen LogP contribution in [0.5, 0.6) is 5.75 Å². The predicted octanol–water partition coefficient (Wildman–Crippen LogP) is 1.21. The summed E-state index contributed by atoms with van der Waals surface area (Å²) < 4.78 is 13.0. The molecule has 4 nitrogen and oxygen atoms in total. The van der Waals surface area contributed by atoms with Gasteiger partial charge in [-0.15, -0.1) is 0 Å². The van der Waals surface area contributed by atoms with Crippen molar-refractivity contribution in [2.75, 3.05) is 19.6 Å². The van der Waals surface area contributed by atoms with Crippen LogP contribution < -0.4 is 5.32 Å². The van der Waals surface area contributed by atoms with Crippen LogP contribution >= 0.6 is 0 Å². The van der Waals surface area contributed by atoms with Crippen molar-refractivity contribution in [1.82, 2.24) is 10.2 Å². The van der Waals surface area contributed by atoms with Gasteiger partial charge in [0, 0.05) is 31.7 Å². The third-order valence-corrected chi connectivity index (χ3v) is 4.39. The Labute approximate surface area is 111 Å². The maximum Gasteiger partial charge on any atom is 0.257 e. The van der Waals surface area contributed by atoms with Gasteiger partial charge in [-0.3, -0.25) is 4.79 Å². The van der Waals surface area contributed by atoms with E-state index >= 15 is 0 Å².